The predicted octanol–water partition coefficient (Wildman–Crippen LogP) is 13.2. The van der Waals surface area contributed by atoms with Crippen LogP contribution in [0, 0.1) is 0 Å². The number of benzene rings is 8. The highest BCUT2D eigenvalue weighted by Crippen LogP contribution is 2.44. The summed E-state index contributed by atoms with van der Waals surface area (Å²) >= 11 is 0. The van der Waals surface area contributed by atoms with Crippen LogP contribution in [0.15, 0.2) is 187 Å². The van der Waals surface area contributed by atoms with Gasteiger partial charge in [-0.15, -0.1) is 0 Å². The van der Waals surface area contributed by atoms with Crippen LogP contribution >= 0.6 is 0 Å². The van der Waals surface area contributed by atoms with Gasteiger partial charge in [0.15, 0.2) is 5.58 Å². The van der Waals surface area contributed by atoms with E-state index in [-0.39, 0.29) is 0 Å². The van der Waals surface area contributed by atoms with Crippen molar-refractivity contribution in [3.8, 4) is 22.3 Å². The number of hydrogen-bond donors (Lipinski definition) is 0. The topological polar surface area (TPSA) is 29.3 Å². The minimum absolute atomic E-state index is 0.807. The van der Waals surface area contributed by atoms with Crippen LogP contribution in [-0.4, -0.2) is 4.98 Å². The second-order valence-corrected chi connectivity index (χ2v) is 12.8. The molecule has 3 heteroatoms. The number of pyridine rings is 1. The molecule has 0 saturated heterocycles. The second kappa shape index (κ2) is 11.5. The maximum absolute atomic E-state index is 6.62. The van der Waals surface area contributed by atoms with Crippen LogP contribution < -0.4 is 4.90 Å². The predicted molar refractivity (Wildman–Crippen MR) is 210 cm³/mol. The summed E-state index contributed by atoms with van der Waals surface area (Å²) in [5.74, 6) is 0. The van der Waals surface area contributed by atoms with Crippen molar-refractivity contribution in [1.82, 2.24) is 4.98 Å². The van der Waals surface area contributed by atoms with Gasteiger partial charge in [-0.25, -0.2) is 0 Å². The Bertz CT molecular complexity index is 2880. The van der Waals surface area contributed by atoms with Crippen LogP contribution in [0.3, 0.4) is 0 Å². The van der Waals surface area contributed by atoms with Crippen LogP contribution in [-0.2, 0) is 0 Å². The van der Waals surface area contributed by atoms with Gasteiger partial charge < -0.3 is 9.32 Å². The molecule has 234 valence electrons. The fourth-order valence-electron chi connectivity index (χ4n) is 7.43. The maximum Gasteiger partial charge on any atom is 0.161 e. The lowest BCUT2D eigenvalue weighted by Gasteiger charge is -2.28. The van der Waals surface area contributed by atoms with Gasteiger partial charge >= 0.3 is 0 Å². The highest BCUT2D eigenvalue weighted by Gasteiger charge is 2.20. The third-order valence-electron chi connectivity index (χ3n) is 9.88. The summed E-state index contributed by atoms with van der Waals surface area (Å²) in [5.41, 5.74) is 10.4. The fraction of sp³-hybridized carbons (Fsp3) is 0. The molecule has 0 spiro atoms. The number of aromatic nitrogens is 1. The molecule has 50 heavy (non-hydrogen) atoms. The molecule has 0 saturated carbocycles. The van der Waals surface area contributed by atoms with Gasteiger partial charge in [0.05, 0.1) is 5.69 Å². The van der Waals surface area contributed by atoms with Crippen LogP contribution in [0.4, 0.5) is 17.1 Å². The molecule has 0 aliphatic rings. The monoisotopic (exact) mass is 638 g/mol. The third kappa shape index (κ3) is 4.63. The van der Waals surface area contributed by atoms with Crippen LogP contribution in [0.25, 0.3) is 76.6 Å². The van der Waals surface area contributed by atoms with Gasteiger partial charge in [-0.2, -0.15) is 0 Å². The first kappa shape index (κ1) is 28.3. The average molecular weight is 639 g/mol. The zero-order chi connectivity index (χ0) is 33.0. The molecule has 2 heterocycles. The number of fused-ring (bicyclic) bond motifs is 7. The molecule has 2 aromatic heterocycles. The van der Waals surface area contributed by atoms with Crippen molar-refractivity contribution in [3.63, 3.8) is 0 Å². The minimum Gasteiger partial charge on any atom is -0.454 e. The van der Waals surface area contributed by atoms with Gasteiger partial charge in [-0.05, 0) is 74.6 Å². The molecule has 0 radical (unpaired) electrons. The van der Waals surface area contributed by atoms with E-state index in [1.54, 1.807) is 0 Å². The zero-order valence-electron chi connectivity index (χ0n) is 27.1. The van der Waals surface area contributed by atoms with E-state index in [9.17, 15) is 0 Å². The number of para-hydroxylation sites is 1. The summed E-state index contributed by atoms with van der Waals surface area (Å²) < 4.78 is 6.62. The molecule has 0 atom stereocenters. The van der Waals surface area contributed by atoms with E-state index >= 15 is 0 Å². The normalized spacial score (nSPS) is 11.6. The van der Waals surface area contributed by atoms with Crippen molar-refractivity contribution in [2.75, 3.05) is 4.90 Å². The number of nitrogens with zero attached hydrogens (tertiary/aromatic N) is 2. The molecule has 8 aromatic carbocycles. The number of rotatable bonds is 5. The average Bonchev–Trinajstić information content (AvgIpc) is 3.57. The van der Waals surface area contributed by atoms with E-state index in [0.717, 1.165) is 55.5 Å². The lowest BCUT2D eigenvalue weighted by atomic mass is 9.96. The molecule has 0 N–H and O–H groups in total. The Morgan fingerprint density at radius 1 is 0.420 bits per heavy atom. The first-order valence-corrected chi connectivity index (χ1v) is 17.0. The van der Waals surface area contributed by atoms with Gasteiger partial charge in [0.25, 0.3) is 0 Å². The molecule has 0 aliphatic carbocycles. The molecule has 0 fully saturated rings. The summed E-state index contributed by atoms with van der Waals surface area (Å²) in [5, 5.41) is 8.06. The van der Waals surface area contributed by atoms with E-state index < -0.39 is 0 Å². The molecule has 0 bridgehead atoms. The van der Waals surface area contributed by atoms with Crippen molar-refractivity contribution < 1.29 is 4.42 Å². The molecular weight excluding hydrogens is 609 g/mol. The summed E-state index contributed by atoms with van der Waals surface area (Å²) in [6, 6.07) is 62.7. The molecule has 3 nitrogen and oxygen atoms in total. The Hall–Kier alpha value is -6.71. The van der Waals surface area contributed by atoms with Crippen molar-refractivity contribution >= 4 is 71.4 Å². The van der Waals surface area contributed by atoms with Crippen LogP contribution in [0.5, 0.6) is 0 Å². The SMILES string of the molecule is c1ccc(N(c2ccc(-c3ccc4ccccc4c3)cc2)c2ccc3c(c2)oc2c4ccccc4cnc32)c(-c2cccc3ccccc23)c1. The molecule has 10 aromatic rings. The van der Waals surface area contributed by atoms with E-state index in [2.05, 4.69) is 169 Å². The Balaban J connectivity index is 1.17. The van der Waals surface area contributed by atoms with E-state index in [0.29, 0.717) is 0 Å². The standard InChI is InChI=1S/C47H30N2O/c1-2-12-34-28-35(21-20-31(34)10-1)32-22-24-37(25-23-32)49(44-19-8-7-17-42(44)41-18-9-14-33-11-3-5-15-39(33)41)38-26-27-43-45(29-38)50-47-40-16-6-4-13-36(40)30-48-46(43)47/h1-30H. The second-order valence-electron chi connectivity index (χ2n) is 12.8. The Morgan fingerprint density at radius 2 is 1.08 bits per heavy atom. The lowest BCUT2D eigenvalue weighted by molar-refractivity contribution is 0.672. The highest BCUT2D eigenvalue weighted by molar-refractivity contribution is 6.13. The minimum atomic E-state index is 0.807. The molecule has 0 unspecified atom stereocenters. The number of anilines is 3. The largest absolute Gasteiger partial charge is 0.454 e. The first-order chi connectivity index (χ1) is 24.8. The maximum atomic E-state index is 6.62. The molecule has 10 rings (SSSR count). The number of hydrogen-bond acceptors (Lipinski definition) is 3. The summed E-state index contributed by atoms with van der Waals surface area (Å²) in [7, 11) is 0. The molecular formula is C47H30N2O. The quantitative estimate of drug-likeness (QED) is 0.188. The Kier molecular flexibility index (Phi) is 6.49. The molecule has 0 amide bonds. The smallest absolute Gasteiger partial charge is 0.161 e. The van der Waals surface area contributed by atoms with Crippen molar-refractivity contribution in [1.29, 1.82) is 0 Å². The Labute approximate surface area is 289 Å². The van der Waals surface area contributed by atoms with E-state index in [1.807, 2.05) is 18.3 Å². The van der Waals surface area contributed by atoms with Gasteiger partial charge in [0.2, 0.25) is 0 Å². The summed E-state index contributed by atoms with van der Waals surface area (Å²) in [6.07, 6.45) is 1.93. The highest BCUT2D eigenvalue weighted by atomic mass is 16.3. The van der Waals surface area contributed by atoms with Gasteiger partial charge in [0.1, 0.15) is 11.1 Å². The Morgan fingerprint density at radius 3 is 1.96 bits per heavy atom. The van der Waals surface area contributed by atoms with Crippen LogP contribution in [0.2, 0.25) is 0 Å². The zero-order valence-corrected chi connectivity index (χ0v) is 27.1. The van der Waals surface area contributed by atoms with Gasteiger partial charge in [-0.3, -0.25) is 4.98 Å². The van der Waals surface area contributed by atoms with Crippen molar-refractivity contribution in [2.45, 2.75) is 0 Å². The fourth-order valence-corrected chi connectivity index (χ4v) is 7.43. The summed E-state index contributed by atoms with van der Waals surface area (Å²) in [4.78, 5) is 7.17. The first-order valence-electron chi connectivity index (χ1n) is 17.0. The lowest BCUT2D eigenvalue weighted by Crippen LogP contribution is -2.11. The molecule has 0 aliphatic heterocycles. The van der Waals surface area contributed by atoms with Gasteiger partial charge in [0, 0.05) is 45.4 Å². The van der Waals surface area contributed by atoms with Crippen LogP contribution in [0.1, 0.15) is 0 Å². The van der Waals surface area contributed by atoms with Gasteiger partial charge in [-0.1, -0.05) is 133 Å². The van der Waals surface area contributed by atoms with Crippen molar-refractivity contribution in [3.05, 3.63) is 182 Å². The third-order valence-corrected chi connectivity index (χ3v) is 9.88. The summed E-state index contributed by atoms with van der Waals surface area (Å²) in [6.45, 7) is 0. The van der Waals surface area contributed by atoms with Crippen molar-refractivity contribution in [2.24, 2.45) is 0 Å². The number of furan rings is 1. The van der Waals surface area contributed by atoms with E-state index in [4.69, 9.17) is 9.40 Å². The van der Waals surface area contributed by atoms with E-state index in [1.165, 1.54) is 38.2 Å².